The van der Waals surface area contributed by atoms with Crippen LogP contribution in [0.4, 0.5) is 0 Å². The molecular formula is C60H69B3. The third-order valence-corrected chi connectivity index (χ3v) is 14.2. The van der Waals surface area contributed by atoms with Crippen molar-refractivity contribution in [1.82, 2.24) is 0 Å². The predicted molar refractivity (Wildman–Crippen MR) is 284 cm³/mol. The first-order chi connectivity index (χ1) is 29.6. The number of benzene rings is 7. The van der Waals surface area contributed by atoms with Crippen molar-refractivity contribution in [3.63, 3.8) is 0 Å². The second-order valence-corrected chi connectivity index (χ2v) is 20.1. The third kappa shape index (κ3) is 8.83. The minimum Gasteiger partial charge on any atom is -0.0717 e. The van der Waals surface area contributed by atoms with Gasteiger partial charge in [-0.1, -0.05) is 240 Å². The van der Waals surface area contributed by atoms with Gasteiger partial charge in [-0.05, 0) is 125 Å². The molecule has 7 aromatic carbocycles. The number of hydrogen-bond donors (Lipinski definition) is 0. The van der Waals surface area contributed by atoms with Gasteiger partial charge in [0, 0.05) is 0 Å². The normalized spacial score (nSPS) is 11.3. The zero-order chi connectivity index (χ0) is 45.9. The van der Waals surface area contributed by atoms with Crippen molar-refractivity contribution < 1.29 is 0 Å². The van der Waals surface area contributed by atoms with Gasteiger partial charge in [-0.25, -0.2) is 0 Å². The van der Waals surface area contributed by atoms with Gasteiger partial charge >= 0.3 is 0 Å². The number of aryl methyl sites for hydroxylation is 18. The van der Waals surface area contributed by atoms with Crippen LogP contribution in [0.25, 0.3) is 0 Å². The van der Waals surface area contributed by atoms with E-state index in [4.69, 9.17) is 0 Å². The molecule has 0 saturated carbocycles. The summed E-state index contributed by atoms with van der Waals surface area (Å²) in [4.78, 5) is 0. The average molecular weight is 823 g/mol. The highest BCUT2D eigenvalue weighted by Crippen LogP contribution is 2.18. The lowest BCUT2D eigenvalue weighted by Crippen LogP contribution is -2.63. The molecule has 7 aromatic rings. The summed E-state index contributed by atoms with van der Waals surface area (Å²) in [5.74, 6) is 0. The monoisotopic (exact) mass is 823 g/mol. The molecule has 63 heavy (non-hydrogen) atoms. The van der Waals surface area contributed by atoms with Crippen LogP contribution in [0.3, 0.4) is 0 Å². The van der Waals surface area contributed by atoms with Crippen molar-refractivity contribution in [2.45, 2.75) is 125 Å². The Labute approximate surface area is 383 Å². The maximum atomic E-state index is 2.63. The van der Waals surface area contributed by atoms with Crippen LogP contribution in [-0.4, -0.2) is 20.1 Å². The van der Waals surface area contributed by atoms with Crippen molar-refractivity contribution in [3.8, 4) is 0 Å². The molecule has 0 aliphatic carbocycles. The van der Waals surface area contributed by atoms with E-state index >= 15 is 0 Å². The van der Waals surface area contributed by atoms with Crippen molar-refractivity contribution in [2.24, 2.45) is 0 Å². The second kappa shape index (κ2) is 17.7. The molecule has 0 fully saturated rings. The molecule has 0 radical (unpaired) electrons. The lowest BCUT2D eigenvalue weighted by atomic mass is 9.28. The van der Waals surface area contributed by atoms with Crippen LogP contribution in [0.5, 0.6) is 0 Å². The zero-order valence-corrected chi connectivity index (χ0v) is 41.9. The summed E-state index contributed by atoms with van der Waals surface area (Å²) in [6, 6.07) is 36.7. The van der Waals surface area contributed by atoms with Gasteiger partial charge < -0.3 is 0 Å². The Balaban J connectivity index is 1.74. The van der Waals surface area contributed by atoms with Crippen molar-refractivity contribution >= 4 is 69.3 Å². The standard InChI is InChI=1S/C60H69B3/c1-34-19-40(7)55(41(8)20-34)61(56-42(9)21-35(2)22-43(56)10)52-31-53(62(57-44(11)23-36(3)24-45(57)12)58-46(13)25-37(4)26-47(58)14)33-54(32-52)63(59-48(15)27-38(5)28-49(59)16)60-50(17)29-39(6)30-51(60)18/h19-33H,1-18H3. The Hall–Kier alpha value is -5.27. The van der Waals surface area contributed by atoms with E-state index in [-0.39, 0.29) is 20.1 Å². The van der Waals surface area contributed by atoms with Gasteiger partial charge in [0.2, 0.25) is 20.1 Å². The molecule has 0 spiro atoms. The maximum Gasteiger partial charge on any atom is 0.242 e. The SMILES string of the molecule is Cc1cc(C)c(B(c2cc(B(c3c(C)cc(C)cc3C)c3c(C)cc(C)cc3C)cc(B(c3c(C)cc(C)cc3C)c3c(C)cc(C)cc3C)c2)c2c(C)cc(C)cc2C)c(C)c1. The Bertz CT molecular complexity index is 2300. The fourth-order valence-corrected chi connectivity index (χ4v) is 12.5. The molecule has 0 atom stereocenters. The molecule has 318 valence electrons. The molecular weight excluding hydrogens is 753 g/mol. The first kappa shape index (κ1) is 45.7. The molecule has 0 saturated heterocycles. The van der Waals surface area contributed by atoms with E-state index in [1.807, 2.05) is 0 Å². The molecule has 0 bridgehead atoms. The fourth-order valence-electron chi connectivity index (χ4n) is 12.5. The molecule has 7 rings (SSSR count). The minimum atomic E-state index is 0.0204. The lowest BCUT2D eigenvalue weighted by Gasteiger charge is -2.30. The average Bonchev–Trinajstić information content (AvgIpc) is 3.13. The van der Waals surface area contributed by atoms with E-state index in [9.17, 15) is 0 Å². The first-order valence-corrected chi connectivity index (χ1v) is 23.3. The summed E-state index contributed by atoms with van der Waals surface area (Å²) in [5, 5.41) is 0. The molecule has 0 unspecified atom stereocenters. The topological polar surface area (TPSA) is 0 Å². The van der Waals surface area contributed by atoms with Gasteiger partial charge in [0.15, 0.2) is 0 Å². The van der Waals surface area contributed by atoms with E-state index in [2.05, 4.69) is 216 Å². The van der Waals surface area contributed by atoms with Crippen molar-refractivity contribution in [1.29, 1.82) is 0 Å². The molecule has 0 N–H and O–H groups in total. The molecule has 0 heterocycles. The molecule has 0 aliphatic heterocycles. The summed E-state index contributed by atoms with van der Waals surface area (Å²) >= 11 is 0. The second-order valence-electron chi connectivity index (χ2n) is 20.1. The lowest BCUT2D eigenvalue weighted by molar-refractivity contribution is 1.34. The van der Waals surface area contributed by atoms with Gasteiger partial charge in [0.1, 0.15) is 0 Å². The van der Waals surface area contributed by atoms with E-state index < -0.39 is 0 Å². The predicted octanol–water partition coefficient (Wildman–Crippen LogP) is 8.79. The fraction of sp³-hybridized carbons (Fsp3) is 0.300. The minimum absolute atomic E-state index is 0.0204. The summed E-state index contributed by atoms with van der Waals surface area (Å²) in [6.45, 7) is 41.6. The van der Waals surface area contributed by atoms with Gasteiger partial charge in [-0.3, -0.25) is 0 Å². The Kier molecular flexibility index (Phi) is 12.9. The van der Waals surface area contributed by atoms with Crippen LogP contribution < -0.4 is 49.2 Å². The van der Waals surface area contributed by atoms with Crippen LogP contribution in [0.2, 0.25) is 0 Å². The van der Waals surface area contributed by atoms with E-state index in [1.165, 1.54) is 149 Å². The largest absolute Gasteiger partial charge is 0.242 e. The first-order valence-electron chi connectivity index (χ1n) is 23.3. The van der Waals surface area contributed by atoms with Crippen molar-refractivity contribution in [3.05, 3.63) is 191 Å². The summed E-state index contributed by atoms with van der Waals surface area (Å²) in [6.07, 6.45) is 0. The van der Waals surface area contributed by atoms with E-state index in [0.717, 1.165) is 0 Å². The van der Waals surface area contributed by atoms with E-state index in [1.54, 1.807) is 0 Å². The molecule has 0 nitrogen and oxygen atoms in total. The van der Waals surface area contributed by atoms with Crippen LogP contribution >= 0.6 is 0 Å². The van der Waals surface area contributed by atoms with Crippen LogP contribution in [0.15, 0.2) is 91.0 Å². The summed E-state index contributed by atoms with van der Waals surface area (Å²) in [7, 11) is 0. The van der Waals surface area contributed by atoms with Gasteiger partial charge in [0.05, 0.1) is 0 Å². The highest BCUT2D eigenvalue weighted by molar-refractivity contribution is 7.01. The Morgan fingerprint density at radius 3 is 0.397 bits per heavy atom. The summed E-state index contributed by atoms with van der Waals surface area (Å²) < 4.78 is 0. The highest BCUT2D eigenvalue weighted by atomic mass is 14.2. The number of hydrogen-bond acceptors (Lipinski definition) is 0. The molecule has 3 heteroatoms. The maximum absolute atomic E-state index is 2.63. The molecule has 0 amide bonds. The Morgan fingerprint density at radius 2 is 0.286 bits per heavy atom. The van der Waals surface area contributed by atoms with Crippen LogP contribution in [0.1, 0.15) is 100 Å². The van der Waals surface area contributed by atoms with Crippen molar-refractivity contribution in [2.75, 3.05) is 0 Å². The van der Waals surface area contributed by atoms with Crippen LogP contribution in [-0.2, 0) is 0 Å². The Morgan fingerprint density at radius 1 is 0.175 bits per heavy atom. The van der Waals surface area contributed by atoms with Gasteiger partial charge in [0.25, 0.3) is 0 Å². The molecule has 0 aromatic heterocycles. The number of rotatable bonds is 9. The third-order valence-electron chi connectivity index (χ3n) is 14.2. The van der Waals surface area contributed by atoms with Gasteiger partial charge in [-0.2, -0.15) is 0 Å². The van der Waals surface area contributed by atoms with Crippen LogP contribution in [0, 0.1) is 125 Å². The smallest absolute Gasteiger partial charge is 0.0717 e. The summed E-state index contributed by atoms with van der Waals surface area (Å²) in [5.41, 5.74) is 36.7. The quantitative estimate of drug-likeness (QED) is 0.128. The molecule has 0 aliphatic rings. The zero-order valence-electron chi connectivity index (χ0n) is 41.9. The van der Waals surface area contributed by atoms with E-state index in [0.29, 0.717) is 0 Å². The van der Waals surface area contributed by atoms with Gasteiger partial charge in [-0.15, -0.1) is 0 Å². The highest BCUT2D eigenvalue weighted by Gasteiger charge is 2.36.